The molecule has 3 heterocycles. The fourth-order valence-electron chi connectivity index (χ4n) is 4.20. The van der Waals surface area contributed by atoms with Crippen molar-refractivity contribution in [2.24, 2.45) is 0 Å². The first kappa shape index (κ1) is 38.4. The number of hydrogen-bond acceptors (Lipinski definition) is 6. The third-order valence-electron chi connectivity index (χ3n) is 6.13. The Bertz CT molecular complexity index is 887. The molecular formula is C24H32Br5FeN5O5+. The van der Waals surface area contributed by atoms with Gasteiger partial charge in [-0.1, -0.05) is 113 Å². The van der Waals surface area contributed by atoms with Gasteiger partial charge in [0.25, 0.3) is 5.09 Å². The number of aliphatic hydroxyl groups excluding tert-OH is 2. The Morgan fingerprint density at radius 2 is 1.65 bits per heavy atom. The Kier molecular flexibility index (Phi) is 19.6. The molecule has 0 amide bonds. The number of hydrogen-bond donors (Lipinski definition) is 3. The van der Waals surface area contributed by atoms with E-state index in [1.165, 1.54) is 19.3 Å². The topological polar surface area (TPSA) is 148 Å². The average molecular weight is 926 g/mol. The number of pyridine rings is 1. The zero-order valence-electron chi connectivity index (χ0n) is 21.2. The standard InChI is InChI=1S/C18H23BrN4.C6H8Br4O2.Fe.HNO3/c19-18-9-5-8-17(22-18)14-23(12-15-6-1-3-10-20-15)13-16-7-2-4-11-21-16;7-1-2(8)4(10)6(12)5(11)3(1)9;;2-1(3)4/h1,3,5-6,8-10,15-16H,2,4,7,11-14H2;1-6,11-12H;;(H,2,3,4)/q-2;;+3;. The number of allylic oxidation sites excluding steroid dienone is 2. The molecule has 2 aliphatic heterocycles. The minimum absolute atomic E-state index is 0. The molecule has 1 saturated heterocycles. The largest absolute Gasteiger partial charge is 3.00 e. The summed E-state index contributed by atoms with van der Waals surface area (Å²) in [5.41, 5.74) is 1.09. The predicted octanol–water partition coefficient (Wildman–Crippen LogP) is 5.82. The Labute approximate surface area is 287 Å². The second-order valence-electron chi connectivity index (χ2n) is 9.14. The van der Waals surface area contributed by atoms with Crippen LogP contribution in [0.3, 0.4) is 0 Å². The Hall–Kier alpha value is 0.389. The molecule has 1 aliphatic carbocycles. The quantitative estimate of drug-likeness (QED) is 0.107. The van der Waals surface area contributed by atoms with Crippen LogP contribution in [-0.2, 0) is 23.6 Å². The van der Waals surface area contributed by atoms with Gasteiger partial charge in [0.05, 0.1) is 27.6 Å². The molecule has 10 nitrogen and oxygen atoms in total. The number of aromatic nitrogens is 1. The maximum absolute atomic E-state index is 9.53. The van der Waals surface area contributed by atoms with Gasteiger partial charge in [-0.05, 0) is 41.2 Å². The molecule has 40 heavy (non-hydrogen) atoms. The molecule has 8 atom stereocenters. The molecule has 2 fully saturated rings. The third-order valence-corrected chi connectivity index (χ3v) is 13.2. The van der Waals surface area contributed by atoms with Crippen LogP contribution in [0, 0.1) is 10.1 Å². The van der Waals surface area contributed by atoms with Crippen LogP contribution < -0.4 is 0 Å². The molecule has 1 aromatic heterocycles. The minimum atomic E-state index is -1.50. The molecule has 3 N–H and O–H groups in total. The maximum atomic E-state index is 9.53. The van der Waals surface area contributed by atoms with Gasteiger partial charge in [0, 0.05) is 16.2 Å². The van der Waals surface area contributed by atoms with E-state index in [4.69, 9.17) is 20.6 Å². The summed E-state index contributed by atoms with van der Waals surface area (Å²) >= 11 is 17.0. The Balaban J connectivity index is 0.000000396. The van der Waals surface area contributed by atoms with Gasteiger partial charge in [-0.3, -0.25) is 4.90 Å². The van der Waals surface area contributed by atoms with Crippen LogP contribution in [0.25, 0.3) is 10.6 Å². The summed E-state index contributed by atoms with van der Waals surface area (Å²) in [6, 6.07) is 6.79. The molecule has 4 rings (SSSR count). The summed E-state index contributed by atoms with van der Waals surface area (Å²) in [4.78, 5) is 15.3. The van der Waals surface area contributed by atoms with Gasteiger partial charge in [0.15, 0.2) is 0 Å². The van der Waals surface area contributed by atoms with Crippen LogP contribution in [0.2, 0.25) is 0 Å². The summed E-state index contributed by atoms with van der Waals surface area (Å²) in [6.45, 7) is 3.78. The zero-order valence-corrected chi connectivity index (χ0v) is 30.3. The van der Waals surface area contributed by atoms with Gasteiger partial charge in [0.2, 0.25) is 0 Å². The van der Waals surface area contributed by atoms with E-state index >= 15 is 0 Å². The Morgan fingerprint density at radius 3 is 2.15 bits per heavy atom. The maximum Gasteiger partial charge on any atom is 3.00 e. The number of rotatable bonds is 6. The number of piperidine rings is 1. The number of halogens is 5. The summed E-state index contributed by atoms with van der Waals surface area (Å²) in [6.07, 6.45) is 10.4. The Morgan fingerprint density at radius 1 is 1.02 bits per heavy atom. The second kappa shape index (κ2) is 20.4. The van der Waals surface area contributed by atoms with E-state index in [9.17, 15) is 10.2 Å². The van der Waals surface area contributed by atoms with E-state index in [0.717, 1.165) is 36.5 Å². The molecule has 1 saturated carbocycles. The first-order chi connectivity index (χ1) is 18.5. The first-order valence-electron chi connectivity index (χ1n) is 12.3. The molecule has 1 aromatic rings. The van der Waals surface area contributed by atoms with Crippen LogP contribution in [0.5, 0.6) is 0 Å². The molecule has 0 spiro atoms. The SMILES string of the molecule is Brc1cccc(CN(CC2C=CC=C[N-]2)CC2CCCC[N-]2)n1.O=[N+]([O-])O.OC1C(O)C(Br)C(Br)C(Br)C1Br.[Fe+3]. The molecule has 0 aromatic carbocycles. The van der Waals surface area contributed by atoms with Gasteiger partial charge in [-0.25, -0.2) is 4.98 Å². The molecule has 16 heteroatoms. The van der Waals surface area contributed by atoms with Crippen molar-refractivity contribution in [3.63, 3.8) is 0 Å². The minimum Gasteiger partial charge on any atom is -0.684 e. The van der Waals surface area contributed by atoms with Crippen LogP contribution in [-0.4, -0.2) is 93.6 Å². The zero-order chi connectivity index (χ0) is 28.9. The van der Waals surface area contributed by atoms with Crippen molar-refractivity contribution in [1.82, 2.24) is 9.88 Å². The van der Waals surface area contributed by atoms with E-state index in [1.807, 2.05) is 24.4 Å². The third kappa shape index (κ3) is 13.8. The van der Waals surface area contributed by atoms with Crippen molar-refractivity contribution in [3.8, 4) is 0 Å². The number of alkyl halides is 4. The monoisotopic (exact) mass is 921 g/mol. The molecule has 3 aliphatic rings. The number of aliphatic hydroxyl groups is 2. The van der Waals surface area contributed by atoms with Crippen molar-refractivity contribution < 1.29 is 37.6 Å². The van der Waals surface area contributed by atoms with E-state index in [0.29, 0.717) is 6.04 Å². The van der Waals surface area contributed by atoms with Gasteiger partial charge >= 0.3 is 17.1 Å². The van der Waals surface area contributed by atoms with E-state index in [2.05, 4.69) is 113 Å². The molecule has 1 radical (unpaired) electrons. The predicted molar refractivity (Wildman–Crippen MR) is 170 cm³/mol. The summed E-state index contributed by atoms with van der Waals surface area (Å²) in [5.74, 6) is 0. The second-order valence-corrected chi connectivity index (χ2v) is 14.2. The van der Waals surface area contributed by atoms with Crippen LogP contribution >= 0.6 is 79.6 Å². The molecular weight excluding hydrogens is 894 g/mol. The van der Waals surface area contributed by atoms with E-state index < -0.39 is 17.3 Å². The number of nitrogens with zero attached hydrogens (tertiary/aromatic N) is 5. The molecule has 0 bridgehead atoms. The summed E-state index contributed by atoms with van der Waals surface area (Å²) in [5, 5.41) is 42.0. The van der Waals surface area contributed by atoms with Crippen molar-refractivity contribution in [2.45, 2.75) is 69.4 Å². The fourth-order valence-corrected chi connectivity index (χ4v) is 7.97. The van der Waals surface area contributed by atoms with Crippen LogP contribution in [0.4, 0.5) is 0 Å². The molecule has 225 valence electrons. The first-order valence-corrected chi connectivity index (χ1v) is 16.7. The van der Waals surface area contributed by atoms with Crippen LogP contribution in [0.1, 0.15) is 25.0 Å². The summed E-state index contributed by atoms with van der Waals surface area (Å²) in [7, 11) is 0. The van der Waals surface area contributed by atoms with E-state index in [-0.39, 0.29) is 42.4 Å². The summed E-state index contributed by atoms with van der Waals surface area (Å²) < 4.78 is 0.891. The van der Waals surface area contributed by atoms with Gasteiger partial charge in [-0.15, -0.1) is 22.7 Å². The van der Waals surface area contributed by atoms with Crippen molar-refractivity contribution >= 4 is 79.6 Å². The van der Waals surface area contributed by atoms with Crippen molar-refractivity contribution in [2.75, 3.05) is 19.6 Å². The van der Waals surface area contributed by atoms with Gasteiger partial charge < -0.3 is 26.1 Å². The molecule has 8 unspecified atom stereocenters. The van der Waals surface area contributed by atoms with Crippen LogP contribution in [0.15, 0.2) is 47.2 Å². The van der Waals surface area contributed by atoms with Crippen molar-refractivity contribution in [3.05, 3.63) is 73.7 Å². The normalized spacial score (nSPS) is 31.0. The van der Waals surface area contributed by atoms with Crippen molar-refractivity contribution in [1.29, 1.82) is 0 Å². The smallest absolute Gasteiger partial charge is 0.684 e. The van der Waals surface area contributed by atoms with Gasteiger partial charge in [-0.2, -0.15) is 6.20 Å². The fraction of sp³-hybridized carbons (Fsp3) is 0.625. The van der Waals surface area contributed by atoms with E-state index in [1.54, 1.807) is 0 Å². The average Bonchev–Trinajstić information content (AvgIpc) is 2.91. The van der Waals surface area contributed by atoms with Gasteiger partial charge in [0.1, 0.15) is 4.60 Å².